The summed E-state index contributed by atoms with van der Waals surface area (Å²) in [6.07, 6.45) is 0. The number of nitrogens with zero attached hydrogens (tertiary/aromatic N) is 2. The zero-order valence-corrected chi connectivity index (χ0v) is 27.5. The molecule has 0 unspecified atom stereocenters. The van der Waals surface area contributed by atoms with Crippen LogP contribution in [0.25, 0.3) is 43.4 Å². The minimum Gasteiger partial charge on any atom is -0.311 e. The Morgan fingerprint density at radius 1 is 0.220 bits per heavy atom. The summed E-state index contributed by atoms with van der Waals surface area (Å²) in [6.45, 7) is 0. The molecular weight excluding hydrogens is 605 g/mol. The van der Waals surface area contributed by atoms with Crippen molar-refractivity contribution in [2.45, 2.75) is 0 Å². The lowest BCUT2D eigenvalue weighted by atomic mass is 9.94. The van der Waals surface area contributed by atoms with Crippen molar-refractivity contribution in [3.05, 3.63) is 206 Å². The number of para-hydroxylation sites is 3. The van der Waals surface area contributed by atoms with E-state index in [0.717, 1.165) is 34.1 Å². The van der Waals surface area contributed by atoms with E-state index in [2.05, 4.69) is 216 Å². The lowest BCUT2D eigenvalue weighted by molar-refractivity contribution is 1.26. The van der Waals surface area contributed by atoms with Crippen LogP contribution in [0.4, 0.5) is 34.1 Å². The van der Waals surface area contributed by atoms with Gasteiger partial charge in [0, 0.05) is 34.1 Å². The molecule has 0 aromatic heterocycles. The van der Waals surface area contributed by atoms with Gasteiger partial charge in [-0.15, -0.1) is 0 Å². The predicted octanol–water partition coefficient (Wildman–Crippen LogP) is 13.8. The molecule has 0 fully saturated rings. The summed E-state index contributed by atoms with van der Waals surface area (Å²) >= 11 is 0. The van der Waals surface area contributed by atoms with Crippen LogP contribution < -0.4 is 9.80 Å². The summed E-state index contributed by atoms with van der Waals surface area (Å²) in [5, 5.41) is 7.68. The molecule has 9 aromatic carbocycles. The van der Waals surface area contributed by atoms with Crippen LogP contribution in [-0.4, -0.2) is 0 Å². The molecular formula is C48H34N2. The standard InChI is InChI=1S/C48H34N2/c1-4-15-39(16-5-1)49(40-17-6-2-7-18-40)42-26-28-43(29-27-42)50(41-19-8-3-9-20-41)44-21-12-14-36(34-44)37-24-30-46-38(33-37)25-32-47-45-22-11-10-13-35(45)23-31-48(46)47/h1-34H. The summed E-state index contributed by atoms with van der Waals surface area (Å²) in [5.74, 6) is 0. The topological polar surface area (TPSA) is 6.48 Å². The molecule has 0 saturated heterocycles. The van der Waals surface area contributed by atoms with Crippen LogP contribution in [0.1, 0.15) is 0 Å². The maximum Gasteiger partial charge on any atom is 0.0467 e. The molecule has 0 aliphatic carbocycles. The molecule has 0 aliphatic heterocycles. The van der Waals surface area contributed by atoms with Gasteiger partial charge in [0.1, 0.15) is 0 Å². The molecule has 0 aliphatic rings. The smallest absolute Gasteiger partial charge is 0.0467 e. The van der Waals surface area contributed by atoms with E-state index in [4.69, 9.17) is 0 Å². The van der Waals surface area contributed by atoms with Crippen LogP contribution in [0.5, 0.6) is 0 Å². The van der Waals surface area contributed by atoms with Gasteiger partial charge in [-0.3, -0.25) is 0 Å². The molecule has 0 spiro atoms. The molecule has 9 aromatic rings. The molecule has 9 rings (SSSR count). The zero-order valence-electron chi connectivity index (χ0n) is 27.5. The average molecular weight is 639 g/mol. The zero-order chi connectivity index (χ0) is 33.3. The van der Waals surface area contributed by atoms with Crippen LogP contribution >= 0.6 is 0 Å². The lowest BCUT2D eigenvalue weighted by Gasteiger charge is -2.28. The van der Waals surface area contributed by atoms with Gasteiger partial charge < -0.3 is 9.80 Å². The number of rotatable bonds is 7. The molecule has 2 heteroatoms. The van der Waals surface area contributed by atoms with Crippen LogP contribution in [-0.2, 0) is 0 Å². The summed E-state index contributed by atoms with van der Waals surface area (Å²) in [6, 6.07) is 74.0. The molecule has 0 N–H and O–H groups in total. The Morgan fingerprint density at radius 2 is 0.640 bits per heavy atom. The number of anilines is 6. The monoisotopic (exact) mass is 638 g/mol. The minimum atomic E-state index is 1.09. The highest BCUT2D eigenvalue weighted by molar-refractivity contribution is 6.17. The van der Waals surface area contributed by atoms with Crippen molar-refractivity contribution in [1.29, 1.82) is 0 Å². The largest absolute Gasteiger partial charge is 0.311 e. The summed E-state index contributed by atoms with van der Waals surface area (Å²) in [7, 11) is 0. The van der Waals surface area contributed by atoms with Gasteiger partial charge in [-0.05, 0) is 122 Å². The van der Waals surface area contributed by atoms with Crippen molar-refractivity contribution in [3.8, 4) is 11.1 Å². The molecule has 2 nitrogen and oxygen atoms in total. The highest BCUT2D eigenvalue weighted by Gasteiger charge is 2.16. The highest BCUT2D eigenvalue weighted by Crippen LogP contribution is 2.40. The first-order valence-electron chi connectivity index (χ1n) is 17.1. The van der Waals surface area contributed by atoms with Crippen LogP contribution in [0, 0.1) is 0 Å². The van der Waals surface area contributed by atoms with E-state index in [0.29, 0.717) is 0 Å². The van der Waals surface area contributed by atoms with Gasteiger partial charge in [0.2, 0.25) is 0 Å². The number of benzene rings is 9. The van der Waals surface area contributed by atoms with Crippen LogP contribution in [0.15, 0.2) is 206 Å². The first kappa shape index (κ1) is 29.5. The Kier molecular flexibility index (Phi) is 7.53. The second kappa shape index (κ2) is 12.8. The fourth-order valence-corrected chi connectivity index (χ4v) is 7.21. The number of fused-ring (bicyclic) bond motifs is 5. The van der Waals surface area contributed by atoms with Crippen molar-refractivity contribution in [3.63, 3.8) is 0 Å². The van der Waals surface area contributed by atoms with Gasteiger partial charge in [-0.2, -0.15) is 0 Å². The maximum absolute atomic E-state index is 2.34. The second-order valence-electron chi connectivity index (χ2n) is 12.6. The first-order valence-corrected chi connectivity index (χ1v) is 17.1. The Hall–Kier alpha value is -6.64. The third kappa shape index (κ3) is 5.43. The lowest BCUT2D eigenvalue weighted by Crippen LogP contribution is -2.12. The van der Waals surface area contributed by atoms with Gasteiger partial charge in [0.25, 0.3) is 0 Å². The van der Waals surface area contributed by atoms with Crippen LogP contribution in [0.2, 0.25) is 0 Å². The van der Waals surface area contributed by atoms with Crippen LogP contribution in [0.3, 0.4) is 0 Å². The molecule has 0 radical (unpaired) electrons. The molecule has 0 amide bonds. The molecule has 50 heavy (non-hydrogen) atoms. The van der Waals surface area contributed by atoms with E-state index in [9.17, 15) is 0 Å². The third-order valence-corrected chi connectivity index (χ3v) is 9.59. The fourth-order valence-electron chi connectivity index (χ4n) is 7.21. The average Bonchev–Trinajstić information content (AvgIpc) is 3.19. The van der Waals surface area contributed by atoms with E-state index >= 15 is 0 Å². The molecule has 0 saturated carbocycles. The minimum absolute atomic E-state index is 1.09. The molecule has 0 bridgehead atoms. The summed E-state index contributed by atoms with van der Waals surface area (Å²) in [4.78, 5) is 4.63. The summed E-state index contributed by atoms with van der Waals surface area (Å²) < 4.78 is 0. The van der Waals surface area contributed by atoms with Crippen molar-refractivity contribution in [2.24, 2.45) is 0 Å². The van der Waals surface area contributed by atoms with Crippen molar-refractivity contribution in [2.75, 3.05) is 9.80 Å². The van der Waals surface area contributed by atoms with Gasteiger partial charge in [0.15, 0.2) is 0 Å². The van der Waals surface area contributed by atoms with Gasteiger partial charge in [-0.25, -0.2) is 0 Å². The van der Waals surface area contributed by atoms with Crippen molar-refractivity contribution < 1.29 is 0 Å². The van der Waals surface area contributed by atoms with Gasteiger partial charge >= 0.3 is 0 Å². The Bertz CT molecular complexity index is 2540. The van der Waals surface area contributed by atoms with E-state index in [1.165, 1.54) is 43.4 Å². The van der Waals surface area contributed by atoms with E-state index in [1.807, 2.05) is 0 Å². The van der Waals surface area contributed by atoms with Gasteiger partial charge in [-0.1, -0.05) is 127 Å². The van der Waals surface area contributed by atoms with E-state index < -0.39 is 0 Å². The number of hydrogen-bond donors (Lipinski definition) is 0. The van der Waals surface area contributed by atoms with Gasteiger partial charge in [0.05, 0.1) is 0 Å². The Balaban J connectivity index is 1.10. The van der Waals surface area contributed by atoms with E-state index in [1.54, 1.807) is 0 Å². The Labute approximate surface area is 292 Å². The summed E-state index contributed by atoms with van der Waals surface area (Å²) in [5.41, 5.74) is 9.03. The first-order chi connectivity index (χ1) is 24.8. The third-order valence-electron chi connectivity index (χ3n) is 9.59. The second-order valence-corrected chi connectivity index (χ2v) is 12.6. The number of hydrogen-bond acceptors (Lipinski definition) is 2. The fraction of sp³-hybridized carbons (Fsp3) is 0. The quantitative estimate of drug-likeness (QED) is 0.160. The predicted molar refractivity (Wildman–Crippen MR) is 214 cm³/mol. The SMILES string of the molecule is c1ccc(N(c2ccccc2)c2ccc(N(c3ccccc3)c3cccc(-c4ccc5c(ccc6c7ccccc7ccc56)c4)c3)cc2)cc1. The molecule has 0 heterocycles. The Morgan fingerprint density at radius 3 is 1.24 bits per heavy atom. The normalized spacial score (nSPS) is 11.2. The molecule has 0 atom stereocenters. The van der Waals surface area contributed by atoms with Crippen molar-refractivity contribution in [1.82, 2.24) is 0 Å². The van der Waals surface area contributed by atoms with E-state index in [-0.39, 0.29) is 0 Å². The van der Waals surface area contributed by atoms with Crippen molar-refractivity contribution >= 4 is 66.4 Å². The molecule has 236 valence electrons. The maximum atomic E-state index is 2.34. The highest BCUT2D eigenvalue weighted by atomic mass is 15.2.